The van der Waals surface area contributed by atoms with Crippen molar-refractivity contribution in [2.75, 3.05) is 0 Å². The zero-order chi connectivity index (χ0) is 30.4. The van der Waals surface area contributed by atoms with Gasteiger partial charge in [-0.25, -0.2) is 0 Å². The molecule has 5 nitrogen and oxygen atoms in total. The smallest absolute Gasteiger partial charge is 0.309 e. The number of unbranched alkanes of at least 4 members (excludes halogenated alkanes) is 1. The average Bonchev–Trinajstić information content (AvgIpc) is 2.92. The van der Waals surface area contributed by atoms with Crippen molar-refractivity contribution in [2.45, 2.75) is 138 Å². The molecule has 1 rings (SSSR count). The summed E-state index contributed by atoms with van der Waals surface area (Å²) in [6, 6.07) is 0. The fourth-order valence-electron chi connectivity index (χ4n) is 5.38. The summed E-state index contributed by atoms with van der Waals surface area (Å²) in [6.07, 6.45) is 15.0. The number of aliphatic hydroxyl groups is 3. The Kier molecular flexibility index (Phi) is 16.7. The van der Waals surface area contributed by atoms with Crippen LogP contribution in [0.2, 0.25) is 0 Å². The Morgan fingerprint density at radius 2 is 1.62 bits per heavy atom. The van der Waals surface area contributed by atoms with Gasteiger partial charge in [0.25, 0.3) is 0 Å². The van der Waals surface area contributed by atoms with Gasteiger partial charge in [0.1, 0.15) is 6.10 Å². The Morgan fingerprint density at radius 3 is 2.23 bits per heavy atom. The van der Waals surface area contributed by atoms with Gasteiger partial charge in [-0.3, -0.25) is 4.79 Å². The first kappa shape index (κ1) is 36.1. The first-order valence-corrected chi connectivity index (χ1v) is 15.4. The number of aliphatic hydroxyl groups excluding tert-OH is 3. The van der Waals surface area contributed by atoms with E-state index >= 15 is 0 Å². The van der Waals surface area contributed by atoms with Crippen molar-refractivity contribution in [1.29, 1.82) is 0 Å². The molecule has 0 aromatic heterocycles. The van der Waals surface area contributed by atoms with E-state index in [1.165, 1.54) is 11.1 Å². The maximum absolute atomic E-state index is 12.4. The van der Waals surface area contributed by atoms with Gasteiger partial charge in [-0.1, -0.05) is 80.7 Å². The molecule has 0 aliphatic carbocycles. The highest BCUT2D eigenvalue weighted by molar-refractivity contribution is 5.73. The van der Waals surface area contributed by atoms with Gasteiger partial charge in [-0.2, -0.15) is 0 Å². The van der Waals surface area contributed by atoms with Crippen molar-refractivity contribution in [3.05, 3.63) is 58.2 Å². The van der Waals surface area contributed by atoms with Crippen LogP contribution in [-0.4, -0.2) is 45.7 Å². The molecule has 1 aliphatic rings. The zero-order valence-corrected chi connectivity index (χ0v) is 26.7. The summed E-state index contributed by atoms with van der Waals surface area (Å²) in [5.74, 6) is -0.436. The maximum atomic E-state index is 12.4. The van der Waals surface area contributed by atoms with E-state index in [4.69, 9.17) is 4.74 Å². The molecule has 1 aliphatic heterocycles. The number of ether oxygens (including phenoxy) is 1. The molecule has 0 amide bonds. The van der Waals surface area contributed by atoms with Gasteiger partial charge in [0.2, 0.25) is 0 Å². The van der Waals surface area contributed by atoms with Crippen LogP contribution in [0.3, 0.4) is 0 Å². The highest BCUT2D eigenvalue weighted by Gasteiger charge is 2.35. The van der Waals surface area contributed by atoms with Crippen LogP contribution >= 0.6 is 0 Å². The third-order valence-corrected chi connectivity index (χ3v) is 8.50. The Labute approximate surface area is 244 Å². The van der Waals surface area contributed by atoms with Crippen LogP contribution in [-0.2, 0) is 9.53 Å². The number of hydrogen-bond donors (Lipinski definition) is 3. The van der Waals surface area contributed by atoms with Gasteiger partial charge in [-0.15, -0.1) is 0 Å². The quantitative estimate of drug-likeness (QED) is 0.102. The largest absolute Gasteiger partial charge is 0.462 e. The van der Waals surface area contributed by atoms with Gasteiger partial charge < -0.3 is 20.1 Å². The van der Waals surface area contributed by atoms with Crippen molar-refractivity contribution < 1.29 is 24.9 Å². The standard InChI is InChI=1S/C35H58O5/c1-10-12-16-30-18-20-32(40-35(30)39)29(9)34(38)27(7)15-13-14-23(3)21-25(5)22-24(4)17-19-31(36)28(8)33(37)26(6)11-2/h11,14-15,17,22,28-34,36-38H,10,12-13,16,18-21H2,1-9H3/b23-14+,24-17+,25-22+,26-11+,27-15+/t28-,29+,30+,31-,32-,33-,34-/m1/s1. The number of hydrogen-bond acceptors (Lipinski definition) is 5. The van der Waals surface area contributed by atoms with Crippen molar-refractivity contribution in [3.63, 3.8) is 0 Å². The lowest BCUT2D eigenvalue weighted by molar-refractivity contribution is -0.166. The molecule has 0 unspecified atom stereocenters. The SMILES string of the molecule is C/C=C(\C)[C@@H](O)[C@H](C)[C@H](O)C/C=C(C)/C=C(\C)C/C(C)=C/C/C=C(\C)[C@@H](O)[C@@H](C)[C@H]1CC[C@H](CCCC)C(=O)O1. The average molecular weight is 559 g/mol. The molecule has 228 valence electrons. The van der Waals surface area contributed by atoms with E-state index in [1.807, 2.05) is 53.7 Å². The van der Waals surface area contributed by atoms with Gasteiger partial charge in [0.05, 0.1) is 24.2 Å². The lowest BCUT2D eigenvalue weighted by Gasteiger charge is -2.34. The van der Waals surface area contributed by atoms with Gasteiger partial charge in [0.15, 0.2) is 0 Å². The monoisotopic (exact) mass is 558 g/mol. The van der Waals surface area contributed by atoms with Crippen molar-refractivity contribution in [1.82, 2.24) is 0 Å². The molecule has 0 bridgehead atoms. The zero-order valence-electron chi connectivity index (χ0n) is 26.7. The predicted molar refractivity (Wildman–Crippen MR) is 167 cm³/mol. The van der Waals surface area contributed by atoms with E-state index in [-0.39, 0.29) is 29.8 Å². The molecule has 3 N–H and O–H groups in total. The molecule has 0 spiro atoms. The van der Waals surface area contributed by atoms with E-state index in [0.29, 0.717) is 6.42 Å². The third-order valence-electron chi connectivity index (χ3n) is 8.50. The van der Waals surface area contributed by atoms with Gasteiger partial charge in [-0.05, 0) is 91.2 Å². The van der Waals surface area contributed by atoms with E-state index < -0.39 is 18.3 Å². The van der Waals surface area contributed by atoms with Crippen LogP contribution in [0, 0.1) is 17.8 Å². The van der Waals surface area contributed by atoms with E-state index in [1.54, 1.807) is 0 Å². The summed E-state index contributed by atoms with van der Waals surface area (Å²) in [4.78, 5) is 12.4. The molecule has 0 aromatic rings. The number of carbonyl (C=O) groups is 1. The Morgan fingerprint density at radius 1 is 0.950 bits per heavy atom. The first-order valence-electron chi connectivity index (χ1n) is 15.4. The van der Waals surface area contributed by atoms with Crippen molar-refractivity contribution in [2.24, 2.45) is 17.8 Å². The number of cyclic esters (lactones) is 1. The summed E-state index contributed by atoms with van der Waals surface area (Å²) < 4.78 is 5.74. The molecule has 1 saturated heterocycles. The predicted octanol–water partition coefficient (Wildman–Crippen LogP) is 7.78. The van der Waals surface area contributed by atoms with Crippen LogP contribution < -0.4 is 0 Å². The minimum absolute atomic E-state index is 0.0175. The lowest BCUT2D eigenvalue weighted by atomic mass is 9.85. The second kappa shape index (κ2) is 18.5. The first-order chi connectivity index (χ1) is 18.8. The summed E-state index contributed by atoms with van der Waals surface area (Å²) >= 11 is 0. The fraction of sp³-hybridized carbons (Fsp3) is 0.686. The van der Waals surface area contributed by atoms with E-state index in [2.05, 4.69) is 39.0 Å². The molecule has 0 saturated carbocycles. The fourth-order valence-corrected chi connectivity index (χ4v) is 5.38. The number of rotatable bonds is 16. The molecular formula is C35H58O5. The lowest BCUT2D eigenvalue weighted by Crippen LogP contribution is -2.39. The molecule has 1 fully saturated rings. The van der Waals surface area contributed by atoms with Crippen LogP contribution in [0.4, 0.5) is 0 Å². The maximum Gasteiger partial charge on any atom is 0.309 e. The van der Waals surface area contributed by atoms with Crippen molar-refractivity contribution in [3.8, 4) is 0 Å². The molecule has 1 heterocycles. The third kappa shape index (κ3) is 12.3. The number of esters is 1. The Bertz CT molecular complexity index is 937. The molecule has 40 heavy (non-hydrogen) atoms. The molecular weight excluding hydrogens is 500 g/mol. The highest BCUT2D eigenvalue weighted by Crippen LogP contribution is 2.31. The molecule has 0 radical (unpaired) electrons. The van der Waals surface area contributed by atoms with Crippen LogP contribution in [0.5, 0.6) is 0 Å². The topological polar surface area (TPSA) is 87.0 Å². The van der Waals surface area contributed by atoms with Crippen LogP contribution in [0.1, 0.15) is 114 Å². The van der Waals surface area contributed by atoms with Crippen molar-refractivity contribution >= 4 is 5.97 Å². The van der Waals surface area contributed by atoms with Crippen LogP contribution in [0.25, 0.3) is 0 Å². The molecule has 7 atom stereocenters. The molecule has 5 heteroatoms. The summed E-state index contributed by atoms with van der Waals surface area (Å²) in [6.45, 7) is 18.0. The number of carbonyl (C=O) groups excluding carboxylic acids is 1. The minimum Gasteiger partial charge on any atom is -0.462 e. The second-order valence-corrected chi connectivity index (χ2v) is 12.2. The van der Waals surface area contributed by atoms with Gasteiger partial charge in [0, 0.05) is 11.8 Å². The Hall–Kier alpha value is -1.95. The normalized spacial score (nSPS) is 23.9. The summed E-state index contributed by atoms with van der Waals surface area (Å²) in [7, 11) is 0. The summed E-state index contributed by atoms with van der Waals surface area (Å²) in [5.41, 5.74) is 5.38. The number of allylic oxidation sites excluding steroid dienone is 7. The highest BCUT2D eigenvalue weighted by atomic mass is 16.5. The second-order valence-electron chi connectivity index (χ2n) is 12.2. The van der Waals surface area contributed by atoms with Gasteiger partial charge >= 0.3 is 5.97 Å². The summed E-state index contributed by atoms with van der Waals surface area (Å²) in [5, 5.41) is 31.7. The van der Waals surface area contributed by atoms with E-state index in [0.717, 1.165) is 61.7 Å². The van der Waals surface area contributed by atoms with E-state index in [9.17, 15) is 20.1 Å². The minimum atomic E-state index is -0.631. The molecule has 0 aromatic carbocycles. The Balaban J connectivity index is 2.60. The van der Waals surface area contributed by atoms with Crippen LogP contribution in [0.15, 0.2) is 58.2 Å².